The third-order valence-electron chi connectivity index (χ3n) is 3.51. The van der Waals surface area contributed by atoms with Crippen molar-refractivity contribution in [1.82, 2.24) is 0 Å². The van der Waals surface area contributed by atoms with E-state index >= 15 is 0 Å². The van der Waals surface area contributed by atoms with Gasteiger partial charge in [0.2, 0.25) is 0 Å². The Balaban J connectivity index is 2.44. The molecule has 0 fully saturated rings. The van der Waals surface area contributed by atoms with Crippen LogP contribution in [-0.2, 0) is 0 Å². The van der Waals surface area contributed by atoms with Crippen LogP contribution in [0.15, 0.2) is 42.5 Å². The lowest BCUT2D eigenvalue weighted by atomic mass is 10.0. The van der Waals surface area contributed by atoms with Crippen LogP contribution in [0, 0.1) is 10.1 Å². The van der Waals surface area contributed by atoms with Crippen LogP contribution in [0.1, 0.15) is 0 Å². The molecular formula is C16H19N3O4. The number of aliphatic hydroxyl groups is 2. The van der Waals surface area contributed by atoms with E-state index < -0.39 is 4.92 Å². The molecule has 0 aliphatic rings. The Labute approximate surface area is 133 Å². The molecule has 7 nitrogen and oxygen atoms in total. The topological polar surface area (TPSA) is 113 Å². The largest absolute Gasteiger partial charge is 0.398 e. The smallest absolute Gasteiger partial charge is 0.270 e. The highest BCUT2D eigenvalue weighted by Gasteiger charge is 2.12. The van der Waals surface area contributed by atoms with Crippen molar-refractivity contribution in [1.29, 1.82) is 0 Å². The molecule has 2 rings (SSSR count). The highest BCUT2D eigenvalue weighted by molar-refractivity contribution is 5.80. The molecule has 0 unspecified atom stereocenters. The summed E-state index contributed by atoms with van der Waals surface area (Å²) in [6.07, 6.45) is 0. The van der Waals surface area contributed by atoms with E-state index in [1.54, 1.807) is 30.3 Å². The van der Waals surface area contributed by atoms with Gasteiger partial charge in [0, 0.05) is 42.2 Å². The third kappa shape index (κ3) is 3.97. The van der Waals surface area contributed by atoms with Crippen molar-refractivity contribution in [3.63, 3.8) is 0 Å². The number of rotatable bonds is 7. The van der Waals surface area contributed by atoms with Crippen LogP contribution in [0.4, 0.5) is 17.1 Å². The summed E-state index contributed by atoms with van der Waals surface area (Å²) in [5.74, 6) is 0. The van der Waals surface area contributed by atoms with E-state index in [-0.39, 0.29) is 18.9 Å². The second-order valence-electron chi connectivity index (χ2n) is 5.01. The molecule has 0 bridgehead atoms. The third-order valence-corrected chi connectivity index (χ3v) is 3.51. The van der Waals surface area contributed by atoms with Crippen LogP contribution in [-0.4, -0.2) is 41.4 Å². The van der Waals surface area contributed by atoms with E-state index in [4.69, 9.17) is 15.9 Å². The van der Waals surface area contributed by atoms with E-state index in [1.807, 2.05) is 4.90 Å². The minimum atomic E-state index is -0.451. The van der Waals surface area contributed by atoms with Gasteiger partial charge in [-0.2, -0.15) is 0 Å². The van der Waals surface area contributed by atoms with Gasteiger partial charge in [-0.1, -0.05) is 12.1 Å². The minimum absolute atomic E-state index is 0.00474. The Morgan fingerprint density at radius 1 is 1.09 bits per heavy atom. The predicted octanol–water partition coefficient (Wildman–Crippen LogP) is 1.63. The number of nitrogen functional groups attached to an aromatic ring is 1. The van der Waals surface area contributed by atoms with Gasteiger partial charge in [-0.3, -0.25) is 10.1 Å². The second-order valence-corrected chi connectivity index (χ2v) is 5.01. The predicted molar refractivity (Wildman–Crippen MR) is 89.3 cm³/mol. The first kappa shape index (κ1) is 16.7. The molecule has 0 aliphatic carbocycles. The Morgan fingerprint density at radius 2 is 1.78 bits per heavy atom. The molecule has 4 N–H and O–H groups in total. The maximum Gasteiger partial charge on any atom is 0.270 e. The number of nitrogens with zero attached hydrogens (tertiary/aromatic N) is 2. The minimum Gasteiger partial charge on any atom is -0.398 e. The number of anilines is 2. The van der Waals surface area contributed by atoms with Gasteiger partial charge in [0.15, 0.2) is 0 Å². The highest BCUT2D eigenvalue weighted by Crippen LogP contribution is 2.32. The lowest BCUT2D eigenvalue weighted by Crippen LogP contribution is -2.29. The van der Waals surface area contributed by atoms with Gasteiger partial charge < -0.3 is 20.8 Å². The molecule has 0 radical (unpaired) electrons. The number of non-ortho nitro benzene ring substituents is 1. The molecule has 0 amide bonds. The van der Waals surface area contributed by atoms with Crippen molar-refractivity contribution in [2.75, 3.05) is 36.9 Å². The van der Waals surface area contributed by atoms with Crippen molar-refractivity contribution in [2.24, 2.45) is 0 Å². The standard InChI is InChI=1S/C16H19N3O4/c17-16-5-4-13(18(6-8-20)7-9-21)11-15(16)12-2-1-3-14(10-12)19(22)23/h1-5,10-11,20-21H,6-9,17H2. The van der Waals surface area contributed by atoms with Crippen molar-refractivity contribution < 1.29 is 15.1 Å². The molecule has 0 aliphatic heterocycles. The number of hydrogen-bond donors (Lipinski definition) is 3. The summed E-state index contributed by atoms with van der Waals surface area (Å²) >= 11 is 0. The highest BCUT2D eigenvalue weighted by atomic mass is 16.6. The normalized spacial score (nSPS) is 10.5. The molecule has 0 aromatic heterocycles. The van der Waals surface area contributed by atoms with E-state index in [0.29, 0.717) is 29.9 Å². The average molecular weight is 317 g/mol. The van der Waals surface area contributed by atoms with Crippen LogP contribution in [0.3, 0.4) is 0 Å². The Hall–Kier alpha value is -2.64. The van der Waals surface area contributed by atoms with Gasteiger partial charge in [0.25, 0.3) is 5.69 Å². The number of aliphatic hydroxyl groups excluding tert-OH is 2. The zero-order valence-corrected chi connectivity index (χ0v) is 12.6. The maximum absolute atomic E-state index is 10.9. The second kappa shape index (κ2) is 7.57. The van der Waals surface area contributed by atoms with E-state index in [1.165, 1.54) is 12.1 Å². The zero-order chi connectivity index (χ0) is 16.8. The van der Waals surface area contributed by atoms with Crippen molar-refractivity contribution in [2.45, 2.75) is 0 Å². The van der Waals surface area contributed by atoms with Gasteiger partial charge in [-0.05, 0) is 23.8 Å². The fourth-order valence-electron chi connectivity index (χ4n) is 2.39. The van der Waals surface area contributed by atoms with Gasteiger partial charge in [0.1, 0.15) is 0 Å². The molecule has 0 saturated heterocycles. The molecule has 7 heteroatoms. The quantitative estimate of drug-likeness (QED) is 0.406. The van der Waals surface area contributed by atoms with E-state index in [9.17, 15) is 10.1 Å². The van der Waals surface area contributed by atoms with E-state index in [0.717, 1.165) is 5.69 Å². The van der Waals surface area contributed by atoms with Crippen molar-refractivity contribution in [3.05, 3.63) is 52.6 Å². The fourth-order valence-corrected chi connectivity index (χ4v) is 2.39. The number of nitro groups is 1. The molecule has 0 atom stereocenters. The molecule has 2 aromatic rings. The van der Waals surface area contributed by atoms with Crippen molar-refractivity contribution in [3.8, 4) is 11.1 Å². The summed E-state index contributed by atoms with van der Waals surface area (Å²) in [6.45, 7) is 0.657. The Kier molecular flexibility index (Phi) is 5.51. The van der Waals surface area contributed by atoms with Gasteiger partial charge in [-0.15, -0.1) is 0 Å². The van der Waals surface area contributed by atoms with Gasteiger partial charge >= 0.3 is 0 Å². The van der Waals surface area contributed by atoms with Gasteiger partial charge in [0.05, 0.1) is 18.1 Å². The van der Waals surface area contributed by atoms with Crippen molar-refractivity contribution >= 4 is 17.1 Å². The number of nitro benzene ring substituents is 1. The van der Waals surface area contributed by atoms with Crippen LogP contribution in [0.2, 0.25) is 0 Å². The SMILES string of the molecule is Nc1ccc(N(CCO)CCO)cc1-c1cccc([N+](=O)[O-])c1. The van der Waals surface area contributed by atoms with Crippen LogP contribution in [0.5, 0.6) is 0 Å². The van der Waals surface area contributed by atoms with Gasteiger partial charge in [-0.25, -0.2) is 0 Å². The molecule has 0 spiro atoms. The molecule has 0 heterocycles. The number of benzene rings is 2. The van der Waals surface area contributed by atoms with E-state index in [2.05, 4.69) is 0 Å². The molecule has 122 valence electrons. The fraction of sp³-hybridized carbons (Fsp3) is 0.250. The Morgan fingerprint density at radius 3 is 2.39 bits per heavy atom. The first-order chi connectivity index (χ1) is 11.1. The molecule has 2 aromatic carbocycles. The summed E-state index contributed by atoms with van der Waals surface area (Å²) in [7, 11) is 0. The monoisotopic (exact) mass is 317 g/mol. The summed E-state index contributed by atoms with van der Waals surface area (Å²) in [5.41, 5.74) is 8.61. The number of nitrogens with two attached hydrogens (primary N) is 1. The van der Waals surface area contributed by atoms with Crippen LogP contribution in [0.25, 0.3) is 11.1 Å². The maximum atomic E-state index is 10.9. The summed E-state index contributed by atoms with van der Waals surface area (Å²) in [4.78, 5) is 12.3. The summed E-state index contributed by atoms with van der Waals surface area (Å²) < 4.78 is 0. The lowest BCUT2D eigenvalue weighted by molar-refractivity contribution is -0.384. The first-order valence-electron chi connectivity index (χ1n) is 7.18. The average Bonchev–Trinajstić information content (AvgIpc) is 2.55. The molecule has 23 heavy (non-hydrogen) atoms. The lowest BCUT2D eigenvalue weighted by Gasteiger charge is -2.24. The number of hydrogen-bond acceptors (Lipinski definition) is 6. The van der Waals surface area contributed by atoms with Crippen LogP contribution >= 0.6 is 0 Å². The Bertz CT molecular complexity index is 685. The van der Waals surface area contributed by atoms with Crippen LogP contribution < -0.4 is 10.6 Å². The summed E-state index contributed by atoms with van der Waals surface area (Å²) in [6, 6.07) is 11.6. The summed E-state index contributed by atoms with van der Waals surface area (Å²) in [5, 5.41) is 29.2. The first-order valence-corrected chi connectivity index (χ1v) is 7.18. The molecule has 0 saturated carbocycles. The zero-order valence-electron chi connectivity index (χ0n) is 12.6. The molecular weight excluding hydrogens is 298 g/mol.